The summed E-state index contributed by atoms with van der Waals surface area (Å²) in [6.45, 7) is 0.323. The number of fused-ring (bicyclic) bond motifs is 1. The predicted molar refractivity (Wildman–Crippen MR) is 110 cm³/mol. The monoisotopic (exact) mass is 400 g/mol. The Kier molecular flexibility index (Phi) is 6.40. The number of hydrogen-bond donors (Lipinski definition) is 3. The van der Waals surface area contributed by atoms with Crippen LogP contribution in [-0.2, 0) is 11.3 Å². The summed E-state index contributed by atoms with van der Waals surface area (Å²) in [5, 5.41) is 15.0. The zero-order valence-electron chi connectivity index (χ0n) is 16.6. The molecule has 1 heterocycles. The fourth-order valence-corrected chi connectivity index (χ4v) is 3.04. The molecule has 29 heavy (non-hydrogen) atoms. The van der Waals surface area contributed by atoms with Crippen LogP contribution in [0.25, 0.3) is 11.0 Å². The maximum atomic E-state index is 12.8. The van der Waals surface area contributed by atoms with Crippen LogP contribution in [0.15, 0.2) is 36.4 Å². The number of para-hydroxylation sites is 2. The van der Waals surface area contributed by atoms with Crippen molar-refractivity contribution in [3.63, 3.8) is 0 Å². The van der Waals surface area contributed by atoms with Crippen molar-refractivity contribution in [3.05, 3.63) is 36.4 Å². The van der Waals surface area contributed by atoms with Gasteiger partial charge < -0.3 is 34.5 Å². The van der Waals surface area contributed by atoms with Crippen LogP contribution in [-0.4, -0.2) is 55.0 Å². The van der Waals surface area contributed by atoms with Crippen LogP contribution in [0.1, 0.15) is 0 Å². The molecule has 1 aromatic heterocycles. The van der Waals surface area contributed by atoms with E-state index in [0.717, 1.165) is 11.0 Å². The summed E-state index contributed by atoms with van der Waals surface area (Å²) in [4.78, 5) is 17.2. The molecule has 0 fully saturated rings. The van der Waals surface area contributed by atoms with Crippen LogP contribution < -0.4 is 24.8 Å². The second-order valence-corrected chi connectivity index (χ2v) is 6.12. The van der Waals surface area contributed by atoms with Gasteiger partial charge in [0.05, 0.1) is 39.0 Å². The van der Waals surface area contributed by atoms with E-state index >= 15 is 0 Å². The largest absolute Gasteiger partial charge is 0.493 e. The van der Waals surface area contributed by atoms with Gasteiger partial charge in [-0.2, -0.15) is 0 Å². The van der Waals surface area contributed by atoms with E-state index in [-0.39, 0.29) is 19.1 Å². The van der Waals surface area contributed by atoms with Crippen molar-refractivity contribution in [1.29, 1.82) is 0 Å². The average Bonchev–Trinajstić information content (AvgIpc) is 3.08. The number of anilines is 2. The Hall–Kier alpha value is -3.46. The molecular weight excluding hydrogens is 376 g/mol. The molecule has 0 aliphatic heterocycles. The number of nitrogens with one attached hydrogen (secondary N) is 2. The number of aliphatic hydroxyl groups is 1. The fourth-order valence-electron chi connectivity index (χ4n) is 3.04. The van der Waals surface area contributed by atoms with E-state index in [9.17, 15) is 4.79 Å². The maximum absolute atomic E-state index is 12.8. The first-order valence-electron chi connectivity index (χ1n) is 9.01. The number of rotatable bonds is 9. The Bertz CT molecular complexity index is 977. The molecule has 1 amide bonds. The number of methoxy groups -OCH3 is 3. The SMILES string of the molecule is COc1cc(NC(=O)Cn2c(NCCO)nc3ccccc32)cc(OC)c1OC. The Balaban J connectivity index is 1.86. The molecule has 9 heteroatoms. The molecule has 0 spiro atoms. The normalized spacial score (nSPS) is 10.6. The zero-order chi connectivity index (χ0) is 20.8. The summed E-state index contributed by atoms with van der Waals surface area (Å²) in [6.07, 6.45) is 0. The Morgan fingerprint density at radius 1 is 1.10 bits per heavy atom. The minimum atomic E-state index is -0.255. The molecule has 0 bridgehead atoms. The van der Waals surface area contributed by atoms with Crippen LogP contribution in [0.3, 0.4) is 0 Å². The molecule has 9 nitrogen and oxygen atoms in total. The van der Waals surface area contributed by atoms with E-state index in [2.05, 4.69) is 15.6 Å². The first-order valence-corrected chi connectivity index (χ1v) is 9.01. The standard InChI is InChI=1S/C20H24N4O5/c1-27-16-10-13(11-17(28-2)19(16)29-3)22-18(26)12-24-15-7-5-4-6-14(15)23-20(24)21-8-9-25/h4-7,10-11,25H,8-9,12H2,1-3H3,(H,21,23)(H,22,26). The second-order valence-electron chi connectivity index (χ2n) is 6.12. The lowest BCUT2D eigenvalue weighted by atomic mass is 10.2. The number of aliphatic hydroxyl groups excluding tert-OH is 1. The zero-order valence-corrected chi connectivity index (χ0v) is 16.6. The molecule has 0 unspecified atom stereocenters. The number of nitrogens with zero attached hydrogens (tertiary/aromatic N) is 2. The molecule has 0 aliphatic carbocycles. The van der Waals surface area contributed by atoms with Crippen molar-refractivity contribution in [1.82, 2.24) is 9.55 Å². The number of hydrogen-bond acceptors (Lipinski definition) is 7. The van der Waals surface area contributed by atoms with Gasteiger partial charge in [0, 0.05) is 24.4 Å². The molecule has 2 aromatic carbocycles. The van der Waals surface area contributed by atoms with Crippen molar-refractivity contribution >= 4 is 28.6 Å². The molecule has 0 saturated carbocycles. The lowest BCUT2D eigenvalue weighted by molar-refractivity contribution is -0.116. The smallest absolute Gasteiger partial charge is 0.244 e. The molecule has 0 aliphatic rings. The van der Waals surface area contributed by atoms with Gasteiger partial charge in [-0.3, -0.25) is 4.79 Å². The highest BCUT2D eigenvalue weighted by Crippen LogP contribution is 2.39. The summed E-state index contributed by atoms with van der Waals surface area (Å²) in [6, 6.07) is 10.8. The van der Waals surface area contributed by atoms with Gasteiger partial charge in [0.15, 0.2) is 11.5 Å². The van der Waals surface area contributed by atoms with E-state index in [4.69, 9.17) is 19.3 Å². The molecule has 0 atom stereocenters. The van der Waals surface area contributed by atoms with Gasteiger partial charge in [-0.15, -0.1) is 0 Å². The van der Waals surface area contributed by atoms with E-state index in [1.165, 1.54) is 21.3 Å². The number of ether oxygens (including phenoxy) is 3. The van der Waals surface area contributed by atoms with Crippen molar-refractivity contribution in [2.75, 3.05) is 45.1 Å². The molecule has 0 radical (unpaired) electrons. The lowest BCUT2D eigenvalue weighted by Crippen LogP contribution is -2.21. The van der Waals surface area contributed by atoms with Crippen molar-refractivity contribution in [2.24, 2.45) is 0 Å². The number of aromatic nitrogens is 2. The molecule has 3 N–H and O–H groups in total. The quantitative estimate of drug-likeness (QED) is 0.505. The van der Waals surface area contributed by atoms with E-state index in [0.29, 0.717) is 35.4 Å². The lowest BCUT2D eigenvalue weighted by Gasteiger charge is -2.15. The third-order valence-electron chi connectivity index (χ3n) is 4.30. The Morgan fingerprint density at radius 2 is 1.79 bits per heavy atom. The van der Waals surface area contributed by atoms with Crippen molar-refractivity contribution in [3.8, 4) is 17.2 Å². The van der Waals surface area contributed by atoms with Gasteiger partial charge >= 0.3 is 0 Å². The van der Waals surface area contributed by atoms with Gasteiger partial charge in [-0.05, 0) is 12.1 Å². The minimum Gasteiger partial charge on any atom is -0.493 e. The number of amides is 1. The predicted octanol–water partition coefficient (Wildman–Crippen LogP) is 2.10. The summed E-state index contributed by atoms with van der Waals surface area (Å²) < 4.78 is 17.7. The Morgan fingerprint density at radius 3 is 2.41 bits per heavy atom. The summed E-state index contributed by atoms with van der Waals surface area (Å²) in [5.74, 6) is 1.60. The van der Waals surface area contributed by atoms with Crippen LogP contribution in [0, 0.1) is 0 Å². The average molecular weight is 400 g/mol. The molecule has 3 aromatic rings. The van der Waals surface area contributed by atoms with E-state index in [1.807, 2.05) is 24.3 Å². The van der Waals surface area contributed by atoms with E-state index in [1.54, 1.807) is 16.7 Å². The highest BCUT2D eigenvalue weighted by atomic mass is 16.5. The summed E-state index contributed by atoms with van der Waals surface area (Å²) in [5.41, 5.74) is 2.08. The van der Waals surface area contributed by atoms with Crippen molar-refractivity contribution < 1.29 is 24.1 Å². The van der Waals surface area contributed by atoms with Crippen molar-refractivity contribution in [2.45, 2.75) is 6.54 Å². The molecule has 0 saturated heterocycles. The third kappa shape index (κ3) is 4.35. The van der Waals surface area contributed by atoms with Gasteiger partial charge in [0.25, 0.3) is 0 Å². The first-order chi connectivity index (χ1) is 14.1. The molecule has 3 rings (SSSR count). The molecule has 154 valence electrons. The summed E-state index contributed by atoms with van der Waals surface area (Å²) in [7, 11) is 4.54. The highest BCUT2D eigenvalue weighted by Gasteiger charge is 2.17. The van der Waals surface area contributed by atoms with Gasteiger partial charge in [-0.1, -0.05) is 12.1 Å². The highest BCUT2D eigenvalue weighted by molar-refractivity contribution is 5.93. The van der Waals surface area contributed by atoms with Crippen LogP contribution in [0.4, 0.5) is 11.6 Å². The van der Waals surface area contributed by atoms with E-state index < -0.39 is 0 Å². The Labute approximate surface area is 168 Å². The van der Waals surface area contributed by atoms with Gasteiger partial charge in [0.2, 0.25) is 17.6 Å². The van der Waals surface area contributed by atoms with Crippen LogP contribution in [0.5, 0.6) is 17.2 Å². The first kappa shape index (κ1) is 20.3. The fraction of sp³-hybridized carbons (Fsp3) is 0.300. The van der Waals surface area contributed by atoms with Gasteiger partial charge in [-0.25, -0.2) is 4.98 Å². The van der Waals surface area contributed by atoms with Gasteiger partial charge in [0.1, 0.15) is 6.54 Å². The minimum absolute atomic E-state index is 0.0327. The van der Waals surface area contributed by atoms with Crippen LogP contribution in [0.2, 0.25) is 0 Å². The number of imidazole rings is 1. The third-order valence-corrected chi connectivity index (χ3v) is 4.30. The second kappa shape index (κ2) is 9.16. The number of carbonyl (C=O) groups excluding carboxylic acids is 1. The summed E-state index contributed by atoms with van der Waals surface area (Å²) >= 11 is 0. The number of benzene rings is 2. The topological polar surface area (TPSA) is 107 Å². The molecular formula is C20H24N4O5. The number of carbonyl (C=O) groups is 1. The van der Waals surface area contributed by atoms with Crippen LogP contribution >= 0.6 is 0 Å². The maximum Gasteiger partial charge on any atom is 0.244 e.